The van der Waals surface area contributed by atoms with Crippen molar-refractivity contribution < 1.29 is 18.8 Å². The third kappa shape index (κ3) is 4.67. The summed E-state index contributed by atoms with van der Waals surface area (Å²) in [5.41, 5.74) is 0.0514. The number of carbonyl (C=O) groups is 1. The van der Waals surface area contributed by atoms with Gasteiger partial charge in [0.15, 0.2) is 5.76 Å². The van der Waals surface area contributed by atoms with E-state index in [2.05, 4.69) is 20.4 Å². The molecule has 9 nitrogen and oxygen atoms in total. The predicted molar refractivity (Wildman–Crippen MR) is 90.0 cm³/mol. The molecule has 3 N–H and O–H groups in total. The first-order chi connectivity index (χ1) is 12.6. The number of aliphatic hydroxyl groups is 1. The SMILES string of the molecule is O=C(CCCc1nc(-c2ccco2)no1)NCC(O)c1cccc(=O)[nH]1. The summed E-state index contributed by atoms with van der Waals surface area (Å²) in [6.45, 7) is 0.0159. The van der Waals surface area contributed by atoms with E-state index in [0.29, 0.717) is 36.0 Å². The van der Waals surface area contributed by atoms with Crippen molar-refractivity contribution in [2.75, 3.05) is 6.54 Å². The number of pyridine rings is 1. The van der Waals surface area contributed by atoms with Crippen LogP contribution in [0.25, 0.3) is 11.6 Å². The average Bonchev–Trinajstić information content (AvgIpc) is 3.31. The molecule has 26 heavy (non-hydrogen) atoms. The van der Waals surface area contributed by atoms with E-state index in [0.717, 1.165) is 0 Å². The molecule has 3 rings (SSSR count). The number of furan rings is 1. The Morgan fingerprint density at radius 3 is 2.96 bits per heavy atom. The highest BCUT2D eigenvalue weighted by molar-refractivity contribution is 5.75. The van der Waals surface area contributed by atoms with Gasteiger partial charge in [0.1, 0.15) is 6.10 Å². The van der Waals surface area contributed by atoms with Crippen LogP contribution in [0.3, 0.4) is 0 Å². The minimum atomic E-state index is -0.973. The summed E-state index contributed by atoms with van der Waals surface area (Å²) in [5.74, 6) is 1.10. The Balaban J connectivity index is 1.40. The molecule has 0 fully saturated rings. The maximum absolute atomic E-state index is 11.9. The van der Waals surface area contributed by atoms with Crippen LogP contribution < -0.4 is 10.9 Å². The number of rotatable bonds is 8. The largest absolute Gasteiger partial charge is 0.461 e. The number of aryl methyl sites for hydroxylation is 1. The van der Waals surface area contributed by atoms with E-state index >= 15 is 0 Å². The first kappa shape index (κ1) is 17.6. The molecule has 1 amide bonds. The maximum Gasteiger partial charge on any atom is 0.248 e. The molecule has 0 spiro atoms. The second-order valence-electron chi connectivity index (χ2n) is 5.63. The van der Waals surface area contributed by atoms with Gasteiger partial charge in [-0.15, -0.1) is 0 Å². The van der Waals surface area contributed by atoms with Gasteiger partial charge in [0.05, 0.1) is 6.26 Å². The van der Waals surface area contributed by atoms with Crippen LogP contribution in [0.5, 0.6) is 0 Å². The van der Waals surface area contributed by atoms with E-state index in [1.165, 1.54) is 12.3 Å². The summed E-state index contributed by atoms with van der Waals surface area (Å²) >= 11 is 0. The van der Waals surface area contributed by atoms with Crippen LogP contribution in [-0.4, -0.2) is 32.7 Å². The zero-order valence-corrected chi connectivity index (χ0v) is 13.8. The number of aromatic amines is 1. The lowest BCUT2D eigenvalue weighted by Crippen LogP contribution is -2.29. The number of H-pyrrole nitrogens is 1. The molecule has 0 saturated heterocycles. The molecular formula is C17H18N4O5. The summed E-state index contributed by atoms with van der Waals surface area (Å²) in [4.78, 5) is 29.8. The Labute approximate surface area is 148 Å². The molecule has 1 unspecified atom stereocenters. The summed E-state index contributed by atoms with van der Waals surface area (Å²) < 4.78 is 10.3. The van der Waals surface area contributed by atoms with Crippen molar-refractivity contribution in [3.63, 3.8) is 0 Å². The topological polar surface area (TPSA) is 134 Å². The molecule has 0 aliphatic carbocycles. The number of amides is 1. The predicted octanol–water partition coefficient (Wildman–Crippen LogP) is 1.19. The fourth-order valence-corrected chi connectivity index (χ4v) is 2.33. The van der Waals surface area contributed by atoms with Crippen LogP contribution in [0, 0.1) is 0 Å². The normalized spacial score (nSPS) is 12.0. The van der Waals surface area contributed by atoms with Gasteiger partial charge in [0.25, 0.3) is 0 Å². The van der Waals surface area contributed by atoms with Crippen molar-refractivity contribution in [1.29, 1.82) is 0 Å². The van der Waals surface area contributed by atoms with Crippen molar-refractivity contribution in [2.45, 2.75) is 25.4 Å². The molecule has 0 aliphatic heterocycles. The van der Waals surface area contributed by atoms with Gasteiger partial charge in [-0.3, -0.25) is 9.59 Å². The molecule has 0 radical (unpaired) electrons. The monoisotopic (exact) mass is 358 g/mol. The smallest absolute Gasteiger partial charge is 0.248 e. The molecule has 9 heteroatoms. The number of hydrogen-bond acceptors (Lipinski definition) is 7. The van der Waals surface area contributed by atoms with Gasteiger partial charge < -0.3 is 24.3 Å². The Bertz CT molecular complexity index is 900. The summed E-state index contributed by atoms with van der Waals surface area (Å²) in [6.07, 6.45) is 1.77. The molecule has 3 heterocycles. The molecule has 0 saturated carbocycles. The zero-order valence-electron chi connectivity index (χ0n) is 13.8. The fraction of sp³-hybridized carbons (Fsp3) is 0.294. The average molecular weight is 358 g/mol. The van der Waals surface area contributed by atoms with Crippen molar-refractivity contribution in [3.8, 4) is 11.6 Å². The third-order valence-corrected chi connectivity index (χ3v) is 3.65. The van der Waals surface area contributed by atoms with E-state index in [1.54, 1.807) is 24.3 Å². The van der Waals surface area contributed by atoms with Gasteiger partial charge in [-0.05, 0) is 24.6 Å². The lowest BCUT2D eigenvalue weighted by Gasteiger charge is -2.11. The van der Waals surface area contributed by atoms with Gasteiger partial charge in [-0.25, -0.2) is 0 Å². The standard InChI is InChI=1S/C17H18N4O5/c22-12(11-4-1-7-15(24)19-11)10-18-14(23)6-2-8-16-20-17(21-26-16)13-5-3-9-25-13/h1,3-5,7,9,12,22H,2,6,8,10H2,(H,18,23)(H,19,24). The van der Waals surface area contributed by atoms with Gasteiger partial charge in [-0.1, -0.05) is 11.2 Å². The van der Waals surface area contributed by atoms with Gasteiger partial charge >= 0.3 is 0 Å². The summed E-state index contributed by atoms with van der Waals surface area (Å²) in [7, 11) is 0. The van der Waals surface area contributed by atoms with Gasteiger partial charge in [0, 0.05) is 31.1 Å². The Morgan fingerprint density at radius 2 is 2.19 bits per heavy atom. The number of aromatic nitrogens is 3. The van der Waals surface area contributed by atoms with Crippen molar-refractivity contribution in [2.24, 2.45) is 0 Å². The van der Waals surface area contributed by atoms with E-state index in [-0.39, 0.29) is 24.4 Å². The van der Waals surface area contributed by atoms with Crippen molar-refractivity contribution in [3.05, 3.63) is 58.5 Å². The van der Waals surface area contributed by atoms with Crippen LogP contribution in [0.4, 0.5) is 0 Å². The minimum Gasteiger partial charge on any atom is -0.461 e. The van der Waals surface area contributed by atoms with Crippen molar-refractivity contribution in [1.82, 2.24) is 20.4 Å². The van der Waals surface area contributed by atoms with E-state index in [1.807, 2.05) is 0 Å². The number of hydrogen-bond donors (Lipinski definition) is 3. The molecular weight excluding hydrogens is 340 g/mol. The van der Waals surface area contributed by atoms with Crippen LogP contribution in [0.1, 0.15) is 30.5 Å². The number of nitrogens with zero attached hydrogens (tertiary/aromatic N) is 2. The lowest BCUT2D eigenvalue weighted by molar-refractivity contribution is -0.121. The van der Waals surface area contributed by atoms with E-state index in [9.17, 15) is 14.7 Å². The third-order valence-electron chi connectivity index (χ3n) is 3.65. The Kier molecular flexibility index (Phi) is 5.59. The summed E-state index contributed by atoms with van der Waals surface area (Å²) in [5, 5.41) is 16.4. The molecule has 0 bridgehead atoms. The fourth-order valence-electron chi connectivity index (χ4n) is 2.33. The number of carbonyl (C=O) groups excluding carboxylic acids is 1. The number of nitrogens with one attached hydrogen (secondary N) is 2. The molecule has 3 aromatic rings. The Morgan fingerprint density at radius 1 is 1.31 bits per heavy atom. The first-order valence-corrected chi connectivity index (χ1v) is 8.12. The van der Waals surface area contributed by atoms with E-state index < -0.39 is 6.10 Å². The molecule has 3 aromatic heterocycles. The minimum absolute atomic E-state index is 0.0159. The van der Waals surface area contributed by atoms with E-state index in [4.69, 9.17) is 8.94 Å². The highest BCUT2D eigenvalue weighted by Crippen LogP contribution is 2.16. The molecule has 0 aliphatic rings. The highest BCUT2D eigenvalue weighted by atomic mass is 16.5. The molecule has 0 aromatic carbocycles. The van der Waals surface area contributed by atoms with Crippen LogP contribution in [0.15, 0.2) is 50.3 Å². The van der Waals surface area contributed by atoms with Crippen LogP contribution >= 0.6 is 0 Å². The molecule has 136 valence electrons. The zero-order chi connectivity index (χ0) is 18.4. The highest BCUT2D eigenvalue weighted by Gasteiger charge is 2.13. The van der Waals surface area contributed by atoms with Gasteiger partial charge in [0.2, 0.25) is 23.2 Å². The lowest BCUT2D eigenvalue weighted by atomic mass is 10.2. The maximum atomic E-state index is 11.9. The quantitative estimate of drug-likeness (QED) is 0.550. The van der Waals surface area contributed by atoms with Crippen LogP contribution in [0.2, 0.25) is 0 Å². The van der Waals surface area contributed by atoms with Crippen LogP contribution in [-0.2, 0) is 11.2 Å². The second-order valence-corrected chi connectivity index (χ2v) is 5.63. The summed E-state index contributed by atoms with van der Waals surface area (Å²) in [6, 6.07) is 7.94. The second kappa shape index (κ2) is 8.26. The molecule has 1 atom stereocenters. The Hall–Kier alpha value is -3.20. The van der Waals surface area contributed by atoms with Crippen molar-refractivity contribution >= 4 is 5.91 Å². The number of aliphatic hydroxyl groups excluding tert-OH is 1. The first-order valence-electron chi connectivity index (χ1n) is 8.12. The van der Waals surface area contributed by atoms with Gasteiger partial charge in [-0.2, -0.15) is 4.98 Å².